The summed E-state index contributed by atoms with van der Waals surface area (Å²) in [6, 6.07) is 25.7. The van der Waals surface area contributed by atoms with Crippen LogP contribution in [0.15, 0.2) is 78.9 Å². The average molecular weight is 459 g/mol. The van der Waals surface area contributed by atoms with Crippen molar-refractivity contribution in [2.75, 3.05) is 31.1 Å². The normalized spacial score (nSPS) is 14.4. The number of nitro benzene ring substituents is 1. The van der Waals surface area contributed by atoms with E-state index in [9.17, 15) is 14.9 Å². The van der Waals surface area contributed by atoms with Crippen LogP contribution >= 0.6 is 0 Å². The van der Waals surface area contributed by atoms with Crippen molar-refractivity contribution < 1.29 is 9.72 Å². The Morgan fingerprint density at radius 1 is 0.882 bits per heavy atom. The lowest BCUT2D eigenvalue weighted by Crippen LogP contribution is -2.48. The molecule has 0 bridgehead atoms. The molecule has 0 saturated carbocycles. The second-order valence-electron chi connectivity index (χ2n) is 8.84. The SMILES string of the molecule is CC(C)NC(=O)c1ccc(N2CCN(C(c3ccccc3)c3ccccc3)CC2)c([N+](=O)[O-])c1. The maximum Gasteiger partial charge on any atom is 0.293 e. The average Bonchev–Trinajstić information content (AvgIpc) is 2.85. The van der Waals surface area contributed by atoms with Crippen molar-refractivity contribution in [3.8, 4) is 0 Å². The molecule has 4 rings (SSSR count). The molecule has 0 atom stereocenters. The lowest BCUT2D eigenvalue weighted by Gasteiger charge is -2.40. The standard InChI is InChI=1S/C27H30N4O3/c1-20(2)28-27(32)23-13-14-24(25(19-23)31(33)34)29-15-17-30(18-16-29)26(21-9-5-3-6-10-21)22-11-7-4-8-12-22/h3-14,19-20,26H,15-18H2,1-2H3,(H,28,32). The van der Waals surface area contributed by atoms with Crippen LogP contribution in [0.25, 0.3) is 0 Å². The first kappa shape index (κ1) is 23.4. The van der Waals surface area contributed by atoms with Crippen LogP contribution in [0.3, 0.4) is 0 Å². The number of hydrogen-bond donors (Lipinski definition) is 1. The predicted octanol–water partition coefficient (Wildman–Crippen LogP) is 4.64. The highest BCUT2D eigenvalue weighted by molar-refractivity contribution is 5.96. The summed E-state index contributed by atoms with van der Waals surface area (Å²) in [5.41, 5.74) is 3.28. The lowest BCUT2D eigenvalue weighted by atomic mass is 9.96. The van der Waals surface area contributed by atoms with Crippen LogP contribution in [0.1, 0.15) is 41.4 Å². The Morgan fingerprint density at radius 2 is 1.44 bits per heavy atom. The van der Waals surface area contributed by atoms with Gasteiger partial charge in [0.1, 0.15) is 5.69 Å². The third kappa shape index (κ3) is 5.26. The maximum atomic E-state index is 12.4. The van der Waals surface area contributed by atoms with E-state index < -0.39 is 4.92 Å². The molecule has 1 saturated heterocycles. The van der Waals surface area contributed by atoms with Crippen molar-refractivity contribution in [3.63, 3.8) is 0 Å². The zero-order valence-corrected chi connectivity index (χ0v) is 19.6. The Balaban J connectivity index is 1.55. The molecule has 3 aromatic rings. The Kier molecular flexibility index (Phi) is 7.23. The van der Waals surface area contributed by atoms with Gasteiger partial charge in [0.05, 0.1) is 11.0 Å². The first-order chi connectivity index (χ1) is 16.4. The molecule has 1 N–H and O–H groups in total. The van der Waals surface area contributed by atoms with Gasteiger partial charge in [0.15, 0.2) is 0 Å². The van der Waals surface area contributed by atoms with E-state index in [1.807, 2.05) is 30.9 Å². The van der Waals surface area contributed by atoms with Gasteiger partial charge in [0.25, 0.3) is 11.6 Å². The van der Waals surface area contributed by atoms with E-state index in [1.54, 1.807) is 12.1 Å². The molecule has 1 aliphatic heterocycles. The van der Waals surface area contributed by atoms with E-state index in [1.165, 1.54) is 17.2 Å². The van der Waals surface area contributed by atoms with E-state index >= 15 is 0 Å². The third-order valence-corrected chi connectivity index (χ3v) is 6.10. The highest BCUT2D eigenvalue weighted by atomic mass is 16.6. The molecular weight excluding hydrogens is 428 g/mol. The van der Waals surface area contributed by atoms with Gasteiger partial charge in [0, 0.05) is 43.9 Å². The summed E-state index contributed by atoms with van der Waals surface area (Å²) < 4.78 is 0. The number of nitro groups is 1. The number of nitrogens with one attached hydrogen (secondary N) is 1. The minimum Gasteiger partial charge on any atom is -0.363 e. The minimum absolute atomic E-state index is 0.0347. The summed E-state index contributed by atoms with van der Waals surface area (Å²) >= 11 is 0. The smallest absolute Gasteiger partial charge is 0.293 e. The number of benzene rings is 3. The van der Waals surface area contributed by atoms with Crippen molar-refractivity contribution in [1.82, 2.24) is 10.2 Å². The van der Waals surface area contributed by atoms with Crippen LogP contribution in [0.4, 0.5) is 11.4 Å². The molecule has 0 radical (unpaired) electrons. The fourth-order valence-electron chi connectivity index (χ4n) is 4.53. The van der Waals surface area contributed by atoms with Crippen molar-refractivity contribution in [3.05, 3.63) is 106 Å². The molecule has 0 unspecified atom stereocenters. The summed E-state index contributed by atoms with van der Waals surface area (Å²) in [6.45, 7) is 6.57. The number of nitrogens with zero attached hydrogens (tertiary/aromatic N) is 3. The van der Waals surface area contributed by atoms with Gasteiger partial charge in [-0.05, 0) is 37.1 Å². The zero-order valence-electron chi connectivity index (χ0n) is 19.6. The van der Waals surface area contributed by atoms with Crippen LogP contribution in [-0.2, 0) is 0 Å². The second-order valence-corrected chi connectivity index (χ2v) is 8.84. The van der Waals surface area contributed by atoms with Crippen LogP contribution in [0.5, 0.6) is 0 Å². The van der Waals surface area contributed by atoms with Crippen molar-refractivity contribution >= 4 is 17.3 Å². The van der Waals surface area contributed by atoms with Gasteiger partial charge in [0.2, 0.25) is 0 Å². The summed E-state index contributed by atoms with van der Waals surface area (Å²) in [6.07, 6.45) is 0. The molecule has 7 heteroatoms. The number of carbonyl (C=O) groups is 1. The number of piperazine rings is 1. The molecule has 34 heavy (non-hydrogen) atoms. The highest BCUT2D eigenvalue weighted by Gasteiger charge is 2.29. The molecule has 0 aromatic heterocycles. The van der Waals surface area contributed by atoms with Crippen molar-refractivity contribution in [2.24, 2.45) is 0 Å². The Morgan fingerprint density at radius 3 is 1.94 bits per heavy atom. The van der Waals surface area contributed by atoms with Gasteiger partial charge in [-0.25, -0.2) is 0 Å². The molecule has 0 aliphatic carbocycles. The van der Waals surface area contributed by atoms with Crippen LogP contribution in [0.2, 0.25) is 0 Å². The number of carbonyl (C=O) groups excluding carboxylic acids is 1. The fraction of sp³-hybridized carbons (Fsp3) is 0.296. The molecule has 7 nitrogen and oxygen atoms in total. The lowest BCUT2D eigenvalue weighted by molar-refractivity contribution is -0.384. The van der Waals surface area contributed by atoms with Gasteiger partial charge in [-0.2, -0.15) is 0 Å². The molecule has 1 amide bonds. The molecule has 3 aromatic carbocycles. The maximum absolute atomic E-state index is 12.4. The summed E-state index contributed by atoms with van der Waals surface area (Å²) in [4.78, 5) is 28.3. The van der Waals surface area contributed by atoms with E-state index in [2.05, 4.69) is 58.7 Å². The zero-order chi connectivity index (χ0) is 24.1. The summed E-state index contributed by atoms with van der Waals surface area (Å²) in [5, 5.41) is 14.6. The number of rotatable bonds is 7. The number of hydrogen-bond acceptors (Lipinski definition) is 5. The van der Waals surface area contributed by atoms with Gasteiger partial charge in [-0.15, -0.1) is 0 Å². The topological polar surface area (TPSA) is 78.7 Å². The quantitative estimate of drug-likeness (QED) is 0.412. The number of amides is 1. The largest absolute Gasteiger partial charge is 0.363 e. The second kappa shape index (κ2) is 10.5. The highest BCUT2D eigenvalue weighted by Crippen LogP contribution is 2.33. The van der Waals surface area contributed by atoms with E-state index in [-0.39, 0.29) is 23.7 Å². The Bertz CT molecular complexity index is 1090. The fourth-order valence-corrected chi connectivity index (χ4v) is 4.53. The molecular formula is C27H30N4O3. The van der Waals surface area contributed by atoms with Gasteiger partial charge >= 0.3 is 0 Å². The van der Waals surface area contributed by atoms with E-state index in [0.29, 0.717) is 24.3 Å². The van der Waals surface area contributed by atoms with E-state index in [0.717, 1.165) is 13.1 Å². The molecule has 1 aliphatic rings. The van der Waals surface area contributed by atoms with Gasteiger partial charge in [-0.1, -0.05) is 60.7 Å². The molecule has 1 fully saturated rings. The molecule has 0 spiro atoms. The molecule has 1 heterocycles. The Labute approximate surface area is 200 Å². The third-order valence-electron chi connectivity index (χ3n) is 6.10. The van der Waals surface area contributed by atoms with Crippen LogP contribution in [-0.4, -0.2) is 48.0 Å². The predicted molar refractivity (Wildman–Crippen MR) is 134 cm³/mol. The van der Waals surface area contributed by atoms with Crippen molar-refractivity contribution in [2.45, 2.75) is 25.9 Å². The van der Waals surface area contributed by atoms with Crippen LogP contribution < -0.4 is 10.2 Å². The van der Waals surface area contributed by atoms with Gasteiger partial charge < -0.3 is 10.2 Å². The number of anilines is 1. The minimum atomic E-state index is -0.398. The van der Waals surface area contributed by atoms with Crippen LogP contribution in [0, 0.1) is 10.1 Å². The Hall–Kier alpha value is -3.71. The first-order valence-electron chi connectivity index (χ1n) is 11.6. The first-order valence-corrected chi connectivity index (χ1v) is 11.6. The molecule has 176 valence electrons. The summed E-state index contributed by atoms with van der Waals surface area (Å²) in [7, 11) is 0. The summed E-state index contributed by atoms with van der Waals surface area (Å²) in [5.74, 6) is -0.303. The van der Waals surface area contributed by atoms with Crippen molar-refractivity contribution in [1.29, 1.82) is 0 Å². The monoisotopic (exact) mass is 458 g/mol. The van der Waals surface area contributed by atoms with E-state index in [4.69, 9.17) is 0 Å². The van der Waals surface area contributed by atoms with Gasteiger partial charge in [-0.3, -0.25) is 19.8 Å².